The Kier molecular flexibility index (Phi) is 4.03. The highest BCUT2D eigenvalue weighted by Crippen LogP contribution is 2.20. The van der Waals surface area contributed by atoms with Gasteiger partial charge in [0.15, 0.2) is 0 Å². The summed E-state index contributed by atoms with van der Waals surface area (Å²) in [7, 11) is 0. The van der Waals surface area contributed by atoms with Crippen molar-refractivity contribution in [2.45, 2.75) is 25.8 Å². The molecule has 2 heterocycles. The molecule has 0 aliphatic carbocycles. The minimum Gasteiger partial charge on any atom is -0.381 e. The Morgan fingerprint density at radius 3 is 2.61 bits per heavy atom. The highest BCUT2D eigenvalue weighted by molar-refractivity contribution is 5.31. The lowest BCUT2D eigenvalue weighted by Crippen LogP contribution is -2.31. The van der Waals surface area contributed by atoms with Gasteiger partial charge in [-0.3, -0.25) is 10.1 Å². The van der Waals surface area contributed by atoms with Gasteiger partial charge >= 0.3 is 5.69 Å². The summed E-state index contributed by atoms with van der Waals surface area (Å²) in [6, 6.07) is 0.232. The predicted octanol–water partition coefficient (Wildman–Crippen LogP) is 1.61. The quantitative estimate of drug-likeness (QED) is 0.646. The fraction of sp³-hybridized carbons (Fsp3) is 0.636. The van der Waals surface area contributed by atoms with Crippen molar-refractivity contribution in [3.63, 3.8) is 0 Å². The minimum absolute atomic E-state index is 0.0979. The number of hydrogen-bond acceptors (Lipinski definition) is 6. The van der Waals surface area contributed by atoms with Crippen molar-refractivity contribution >= 4 is 11.6 Å². The van der Waals surface area contributed by atoms with E-state index in [1.165, 1.54) is 12.4 Å². The Balaban J connectivity index is 1.93. The molecule has 1 aliphatic heterocycles. The Labute approximate surface area is 105 Å². The molecule has 7 heteroatoms. The van der Waals surface area contributed by atoms with Crippen LogP contribution in [-0.4, -0.2) is 34.1 Å². The molecule has 1 unspecified atom stereocenters. The molecule has 1 aromatic rings. The zero-order chi connectivity index (χ0) is 13.0. The van der Waals surface area contributed by atoms with Crippen LogP contribution in [0.4, 0.5) is 11.6 Å². The van der Waals surface area contributed by atoms with Gasteiger partial charge in [0.25, 0.3) is 0 Å². The van der Waals surface area contributed by atoms with E-state index in [2.05, 4.69) is 22.2 Å². The monoisotopic (exact) mass is 252 g/mol. The van der Waals surface area contributed by atoms with E-state index < -0.39 is 4.92 Å². The molecule has 0 spiro atoms. The molecule has 0 amide bonds. The smallest absolute Gasteiger partial charge is 0.305 e. The molecule has 18 heavy (non-hydrogen) atoms. The summed E-state index contributed by atoms with van der Waals surface area (Å²) < 4.78 is 5.31. The molecule has 1 aromatic heterocycles. The lowest BCUT2D eigenvalue weighted by atomic mass is 9.93. The first kappa shape index (κ1) is 12.7. The Morgan fingerprint density at radius 1 is 1.44 bits per heavy atom. The van der Waals surface area contributed by atoms with Crippen LogP contribution in [0.15, 0.2) is 12.4 Å². The highest BCUT2D eigenvalue weighted by Gasteiger charge is 2.21. The average molecular weight is 252 g/mol. The van der Waals surface area contributed by atoms with Crippen LogP contribution in [0.3, 0.4) is 0 Å². The van der Waals surface area contributed by atoms with E-state index in [4.69, 9.17) is 4.74 Å². The third-order valence-electron chi connectivity index (χ3n) is 3.18. The summed E-state index contributed by atoms with van der Waals surface area (Å²) in [5.41, 5.74) is -0.0979. The number of hydrogen-bond donors (Lipinski definition) is 1. The normalized spacial score (nSPS) is 18.3. The van der Waals surface area contributed by atoms with Crippen molar-refractivity contribution in [2.24, 2.45) is 5.92 Å². The molecule has 0 bridgehead atoms. The van der Waals surface area contributed by atoms with Crippen LogP contribution in [0.5, 0.6) is 0 Å². The van der Waals surface area contributed by atoms with Crippen molar-refractivity contribution in [2.75, 3.05) is 18.5 Å². The number of rotatable bonds is 4. The molecule has 1 N–H and O–H groups in total. The topological polar surface area (TPSA) is 90.2 Å². The molecule has 1 aliphatic rings. The number of nitrogens with zero attached hydrogens (tertiary/aromatic N) is 3. The van der Waals surface area contributed by atoms with Crippen molar-refractivity contribution in [3.8, 4) is 0 Å². The maximum absolute atomic E-state index is 10.5. The number of nitro groups is 1. The highest BCUT2D eigenvalue weighted by atomic mass is 16.6. The van der Waals surface area contributed by atoms with Gasteiger partial charge in [-0.05, 0) is 25.7 Å². The number of anilines is 1. The second kappa shape index (κ2) is 5.72. The number of nitrogens with one attached hydrogen (secondary N) is 1. The van der Waals surface area contributed by atoms with Gasteiger partial charge in [0.1, 0.15) is 12.4 Å². The van der Waals surface area contributed by atoms with Crippen LogP contribution < -0.4 is 5.32 Å². The summed E-state index contributed by atoms with van der Waals surface area (Å²) in [6.45, 7) is 3.65. The first-order valence-electron chi connectivity index (χ1n) is 5.97. The largest absolute Gasteiger partial charge is 0.381 e. The van der Waals surface area contributed by atoms with E-state index in [1.807, 2.05) is 0 Å². The maximum atomic E-state index is 10.5. The summed E-state index contributed by atoms with van der Waals surface area (Å²) in [4.78, 5) is 17.8. The first-order chi connectivity index (χ1) is 8.66. The van der Waals surface area contributed by atoms with Crippen LogP contribution in [0.2, 0.25) is 0 Å². The first-order valence-corrected chi connectivity index (χ1v) is 5.97. The molecule has 0 aromatic carbocycles. The van der Waals surface area contributed by atoms with Crippen LogP contribution in [0, 0.1) is 16.0 Å². The van der Waals surface area contributed by atoms with Crippen LogP contribution in [-0.2, 0) is 4.74 Å². The van der Waals surface area contributed by atoms with Gasteiger partial charge in [0.2, 0.25) is 5.95 Å². The zero-order valence-electron chi connectivity index (χ0n) is 10.2. The molecule has 98 valence electrons. The van der Waals surface area contributed by atoms with Gasteiger partial charge in [-0.2, -0.15) is 0 Å². The van der Waals surface area contributed by atoms with E-state index in [9.17, 15) is 10.1 Å². The Hall–Kier alpha value is -1.76. The molecule has 1 atom stereocenters. The van der Waals surface area contributed by atoms with Crippen molar-refractivity contribution < 1.29 is 9.66 Å². The third kappa shape index (κ3) is 3.13. The summed E-state index contributed by atoms with van der Waals surface area (Å²) in [5, 5.41) is 13.7. The fourth-order valence-electron chi connectivity index (χ4n) is 2.03. The summed E-state index contributed by atoms with van der Waals surface area (Å²) >= 11 is 0. The van der Waals surface area contributed by atoms with E-state index >= 15 is 0 Å². The summed E-state index contributed by atoms with van der Waals surface area (Å²) in [5.74, 6) is 0.956. The average Bonchev–Trinajstić information content (AvgIpc) is 2.40. The van der Waals surface area contributed by atoms with Gasteiger partial charge in [-0.15, -0.1) is 0 Å². The zero-order valence-corrected chi connectivity index (χ0v) is 10.2. The van der Waals surface area contributed by atoms with Crippen LogP contribution >= 0.6 is 0 Å². The second-order valence-corrected chi connectivity index (χ2v) is 4.40. The molecular weight excluding hydrogens is 236 g/mol. The predicted molar refractivity (Wildman–Crippen MR) is 65.3 cm³/mol. The van der Waals surface area contributed by atoms with E-state index in [0.717, 1.165) is 26.1 Å². The van der Waals surface area contributed by atoms with Crippen LogP contribution in [0.25, 0.3) is 0 Å². The van der Waals surface area contributed by atoms with Gasteiger partial charge < -0.3 is 10.1 Å². The third-order valence-corrected chi connectivity index (χ3v) is 3.18. The van der Waals surface area contributed by atoms with E-state index in [0.29, 0.717) is 11.9 Å². The Morgan fingerprint density at radius 2 is 2.06 bits per heavy atom. The van der Waals surface area contributed by atoms with Crippen molar-refractivity contribution in [1.82, 2.24) is 9.97 Å². The van der Waals surface area contributed by atoms with Gasteiger partial charge in [-0.25, -0.2) is 9.97 Å². The molecule has 1 fully saturated rings. The molecular formula is C11H16N4O3. The van der Waals surface area contributed by atoms with E-state index in [1.54, 1.807) is 0 Å². The van der Waals surface area contributed by atoms with Gasteiger partial charge in [-0.1, -0.05) is 0 Å². The fourth-order valence-corrected chi connectivity index (χ4v) is 2.03. The molecule has 0 radical (unpaired) electrons. The summed E-state index contributed by atoms with van der Waals surface area (Å²) in [6.07, 6.45) is 4.46. The molecule has 1 saturated heterocycles. The minimum atomic E-state index is -0.508. The maximum Gasteiger partial charge on any atom is 0.305 e. The van der Waals surface area contributed by atoms with Crippen molar-refractivity contribution in [3.05, 3.63) is 22.5 Å². The van der Waals surface area contributed by atoms with Gasteiger partial charge in [0.05, 0.1) is 4.92 Å². The molecule has 2 rings (SSSR count). The second-order valence-electron chi connectivity index (χ2n) is 4.40. The lowest BCUT2D eigenvalue weighted by Gasteiger charge is -2.28. The molecule has 7 nitrogen and oxygen atoms in total. The van der Waals surface area contributed by atoms with Crippen molar-refractivity contribution in [1.29, 1.82) is 0 Å². The van der Waals surface area contributed by atoms with Crippen LogP contribution in [0.1, 0.15) is 19.8 Å². The number of ether oxygens (including phenoxy) is 1. The number of aromatic nitrogens is 2. The molecule has 0 saturated carbocycles. The lowest BCUT2D eigenvalue weighted by molar-refractivity contribution is -0.385. The SMILES string of the molecule is CC(Nc1ncc([N+](=O)[O-])cn1)C1CCOCC1. The standard InChI is InChI=1S/C11H16N4O3/c1-8(9-2-4-18-5-3-9)14-11-12-6-10(7-13-11)15(16)17/h6-9H,2-5H2,1H3,(H,12,13,14). The van der Waals surface area contributed by atoms with E-state index in [-0.39, 0.29) is 11.7 Å². The Bertz CT molecular complexity index is 403. The van der Waals surface area contributed by atoms with Gasteiger partial charge in [0, 0.05) is 19.3 Å².